The molecule has 5 heteroatoms. The summed E-state index contributed by atoms with van der Waals surface area (Å²) in [7, 11) is 0. The number of hydrogen-bond donors (Lipinski definition) is 1. The lowest BCUT2D eigenvalue weighted by molar-refractivity contribution is -0.229. The van der Waals surface area contributed by atoms with Gasteiger partial charge in [-0.2, -0.15) is 0 Å². The number of aliphatic hydroxyl groups is 1. The van der Waals surface area contributed by atoms with Gasteiger partial charge in [-0.05, 0) is 48.5 Å². The molecule has 7 atom stereocenters. The van der Waals surface area contributed by atoms with Crippen molar-refractivity contribution in [1.29, 1.82) is 0 Å². The molecule has 5 nitrogen and oxygen atoms in total. The lowest BCUT2D eigenvalue weighted by Gasteiger charge is -2.64. The third-order valence-corrected chi connectivity index (χ3v) is 8.69. The zero-order valence-electron chi connectivity index (χ0n) is 16.7. The van der Waals surface area contributed by atoms with Gasteiger partial charge in [-0.15, -0.1) is 0 Å². The van der Waals surface area contributed by atoms with Gasteiger partial charge < -0.3 is 9.84 Å². The standard InChI is InChI=1S/C22H30O5/c1-11-13-6-7-14-21(5)9-8-16(24)20(3,4)15(21)10-17(25)22(14,18(11)26)19(13)27-12(2)23/h13-15,17,19,25H,1,6-10H2,2-5H3/t13-,14-,15-,17?,19?,21+,22+/m1/s1. The predicted molar refractivity (Wildman–Crippen MR) is 98.6 cm³/mol. The molecular weight excluding hydrogens is 344 g/mol. The van der Waals surface area contributed by atoms with E-state index in [4.69, 9.17) is 4.74 Å². The van der Waals surface area contributed by atoms with Crippen molar-refractivity contribution in [2.75, 3.05) is 0 Å². The van der Waals surface area contributed by atoms with E-state index in [2.05, 4.69) is 13.5 Å². The molecule has 2 unspecified atom stereocenters. The molecule has 2 bridgehead atoms. The van der Waals surface area contributed by atoms with Crippen LogP contribution in [0.4, 0.5) is 0 Å². The van der Waals surface area contributed by atoms with E-state index in [0.717, 1.165) is 19.3 Å². The van der Waals surface area contributed by atoms with Crippen LogP contribution in [0.1, 0.15) is 59.8 Å². The van der Waals surface area contributed by atoms with Crippen LogP contribution < -0.4 is 0 Å². The third kappa shape index (κ3) is 2.07. The van der Waals surface area contributed by atoms with Crippen LogP contribution in [0, 0.1) is 34.0 Å². The fourth-order valence-electron chi connectivity index (χ4n) is 7.46. The maximum atomic E-state index is 13.5. The molecule has 4 aliphatic carbocycles. The quantitative estimate of drug-likeness (QED) is 0.564. The molecule has 1 spiro atoms. The third-order valence-electron chi connectivity index (χ3n) is 8.69. The number of aliphatic hydroxyl groups excluding tert-OH is 1. The van der Waals surface area contributed by atoms with Gasteiger partial charge in [0.05, 0.1) is 11.5 Å². The summed E-state index contributed by atoms with van der Waals surface area (Å²) in [6.45, 7) is 11.5. The first kappa shape index (κ1) is 18.9. The Balaban J connectivity index is 1.88. The van der Waals surface area contributed by atoms with Crippen LogP contribution in [0.3, 0.4) is 0 Å². The monoisotopic (exact) mass is 374 g/mol. The second-order valence-corrected chi connectivity index (χ2v) is 10.0. The van der Waals surface area contributed by atoms with Gasteiger partial charge in [0.15, 0.2) is 5.78 Å². The molecule has 0 aromatic heterocycles. The molecule has 4 rings (SSSR count). The highest BCUT2D eigenvalue weighted by Crippen LogP contribution is 2.71. The maximum absolute atomic E-state index is 13.5. The Kier molecular flexibility index (Phi) is 3.86. The minimum atomic E-state index is -1.10. The lowest BCUT2D eigenvalue weighted by Crippen LogP contribution is -2.68. The number of carbonyl (C=O) groups is 3. The molecule has 4 fully saturated rings. The molecule has 148 valence electrons. The molecule has 27 heavy (non-hydrogen) atoms. The van der Waals surface area contributed by atoms with E-state index >= 15 is 0 Å². The average Bonchev–Trinajstić information content (AvgIpc) is 2.70. The number of esters is 1. The first-order chi connectivity index (χ1) is 12.5. The minimum Gasteiger partial charge on any atom is -0.461 e. The summed E-state index contributed by atoms with van der Waals surface area (Å²) in [5.41, 5.74) is -1.38. The zero-order valence-corrected chi connectivity index (χ0v) is 16.7. The van der Waals surface area contributed by atoms with Gasteiger partial charge in [0.2, 0.25) is 0 Å². The number of carbonyl (C=O) groups excluding carboxylic acids is 3. The molecule has 0 saturated heterocycles. The van der Waals surface area contributed by atoms with Gasteiger partial charge in [-0.3, -0.25) is 14.4 Å². The Hall–Kier alpha value is -1.49. The van der Waals surface area contributed by atoms with Gasteiger partial charge in [0.25, 0.3) is 0 Å². The van der Waals surface area contributed by atoms with Gasteiger partial charge in [-0.25, -0.2) is 0 Å². The number of Topliss-reactive ketones (excluding diaryl/α,β-unsaturated/α-hetero) is 2. The Bertz CT molecular complexity index is 752. The first-order valence-corrected chi connectivity index (χ1v) is 10.1. The summed E-state index contributed by atoms with van der Waals surface area (Å²) < 4.78 is 5.70. The average molecular weight is 374 g/mol. The summed E-state index contributed by atoms with van der Waals surface area (Å²) in [4.78, 5) is 37.9. The van der Waals surface area contributed by atoms with Gasteiger partial charge in [0.1, 0.15) is 11.9 Å². The van der Waals surface area contributed by atoms with Crippen molar-refractivity contribution in [2.24, 2.45) is 34.0 Å². The largest absolute Gasteiger partial charge is 0.461 e. The number of fused-ring (bicyclic) bond motifs is 3. The van der Waals surface area contributed by atoms with E-state index in [1.165, 1.54) is 6.92 Å². The highest BCUT2D eigenvalue weighted by atomic mass is 16.5. The van der Waals surface area contributed by atoms with Crippen molar-refractivity contribution < 1.29 is 24.2 Å². The number of ketones is 2. The highest BCUT2D eigenvalue weighted by Gasteiger charge is 2.75. The van der Waals surface area contributed by atoms with Crippen molar-refractivity contribution in [3.8, 4) is 0 Å². The molecular formula is C22H30O5. The van der Waals surface area contributed by atoms with Gasteiger partial charge in [-0.1, -0.05) is 27.4 Å². The second kappa shape index (κ2) is 5.53. The molecule has 0 aromatic carbocycles. The molecule has 1 N–H and O–H groups in total. The van der Waals surface area contributed by atoms with Crippen molar-refractivity contribution in [2.45, 2.75) is 72.0 Å². The Morgan fingerprint density at radius 1 is 1.19 bits per heavy atom. The topological polar surface area (TPSA) is 80.7 Å². The highest BCUT2D eigenvalue weighted by molar-refractivity contribution is 6.05. The van der Waals surface area contributed by atoms with E-state index in [1.54, 1.807) is 0 Å². The summed E-state index contributed by atoms with van der Waals surface area (Å²) in [5, 5.41) is 11.4. The molecule has 0 amide bonds. The predicted octanol–water partition coefficient (Wildman–Crippen LogP) is 2.85. The SMILES string of the molecule is C=C1C(=O)[C@@]23C(O)C[C@@H]4C(C)(C)C(=O)CC[C@@]4(C)[C@H]2CC[C@H]1C3OC(C)=O. The van der Waals surface area contributed by atoms with Crippen LogP contribution >= 0.6 is 0 Å². The second-order valence-electron chi connectivity index (χ2n) is 10.0. The Morgan fingerprint density at radius 3 is 2.48 bits per heavy atom. The molecule has 4 aliphatic rings. The van der Waals surface area contributed by atoms with Crippen molar-refractivity contribution in [3.63, 3.8) is 0 Å². The van der Waals surface area contributed by atoms with Crippen molar-refractivity contribution in [1.82, 2.24) is 0 Å². The Morgan fingerprint density at radius 2 is 1.85 bits per heavy atom. The fraction of sp³-hybridized carbons (Fsp3) is 0.773. The van der Waals surface area contributed by atoms with E-state index in [9.17, 15) is 19.5 Å². The molecule has 0 aliphatic heterocycles. The van der Waals surface area contributed by atoms with Crippen molar-refractivity contribution in [3.05, 3.63) is 12.2 Å². The van der Waals surface area contributed by atoms with E-state index in [-0.39, 0.29) is 34.7 Å². The summed E-state index contributed by atoms with van der Waals surface area (Å²) >= 11 is 0. The van der Waals surface area contributed by atoms with E-state index in [1.807, 2.05) is 13.8 Å². The van der Waals surface area contributed by atoms with Crippen LogP contribution in [-0.2, 0) is 19.1 Å². The first-order valence-electron chi connectivity index (χ1n) is 10.1. The molecule has 0 aromatic rings. The number of rotatable bonds is 1. The van der Waals surface area contributed by atoms with Gasteiger partial charge >= 0.3 is 5.97 Å². The fourth-order valence-corrected chi connectivity index (χ4v) is 7.46. The molecule has 4 saturated carbocycles. The van der Waals surface area contributed by atoms with Crippen LogP contribution in [0.15, 0.2) is 12.2 Å². The maximum Gasteiger partial charge on any atom is 0.302 e. The van der Waals surface area contributed by atoms with Gasteiger partial charge in [0, 0.05) is 24.7 Å². The molecule has 0 heterocycles. The zero-order chi connectivity index (χ0) is 19.9. The van der Waals surface area contributed by atoms with Crippen LogP contribution in [0.5, 0.6) is 0 Å². The normalized spacial score (nSPS) is 48.0. The van der Waals surface area contributed by atoms with Crippen LogP contribution in [0.2, 0.25) is 0 Å². The van der Waals surface area contributed by atoms with Crippen LogP contribution in [0.25, 0.3) is 0 Å². The van der Waals surface area contributed by atoms with E-state index < -0.39 is 29.0 Å². The Labute approximate surface area is 160 Å². The van der Waals surface area contributed by atoms with Crippen molar-refractivity contribution >= 4 is 17.5 Å². The number of hydrogen-bond acceptors (Lipinski definition) is 5. The van der Waals surface area contributed by atoms with Crippen LogP contribution in [-0.4, -0.2) is 34.9 Å². The van der Waals surface area contributed by atoms with E-state index in [0.29, 0.717) is 18.4 Å². The smallest absolute Gasteiger partial charge is 0.302 e. The number of ether oxygens (including phenoxy) is 1. The summed E-state index contributed by atoms with van der Waals surface area (Å²) in [5.74, 6) is -0.619. The summed E-state index contributed by atoms with van der Waals surface area (Å²) in [6, 6.07) is 0. The molecule has 0 radical (unpaired) electrons. The lowest BCUT2D eigenvalue weighted by atomic mass is 9.39. The summed E-state index contributed by atoms with van der Waals surface area (Å²) in [6.07, 6.45) is 1.57. The minimum absolute atomic E-state index is 0.00747.